The Labute approximate surface area is 123 Å². The summed E-state index contributed by atoms with van der Waals surface area (Å²) in [5.74, 6) is -0.254. The first-order valence-corrected chi connectivity index (χ1v) is 6.86. The average molecular weight is 288 g/mol. The molecule has 0 aliphatic rings. The van der Waals surface area contributed by atoms with E-state index >= 15 is 0 Å². The van der Waals surface area contributed by atoms with Crippen LogP contribution < -0.4 is 0 Å². The molecule has 0 saturated carbocycles. The van der Waals surface area contributed by atoms with Crippen molar-refractivity contribution in [2.24, 2.45) is 5.41 Å². The molecule has 2 rings (SSSR count). The van der Waals surface area contributed by atoms with Crippen molar-refractivity contribution in [3.8, 4) is 11.4 Å². The van der Waals surface area contributed by atoms with Crippen molar-refractivity contribution in [1.29, 1.82) is 0 Å². The molecule has 1 heterocycles. The summed E-state index contributed by atoms with van der Waals surface area (Å²) >= 11 is 0. The van der Waals surface area contributed by atoms with Gasteiger partial charge in [0.1, 0.15) is 0 Å². The fourth-order valence-electron chi connectivity index (χ4n) is 2.33. The van der Waals surface area contributed by atoms with Crippen molar-refractivity contribution in [2.45, 2.75) is 40.2 Å². The van der Waals surface area contributed by atoms with Crippen LogP contribution in [0.4, 0.5) is 0 Å². The summed E-state index contributed by atoms with van der Waals surface area (Å²) in [5, 5.41) is 21.1. The number of hydrogen-bond acceptors (Lipinski definition) is 4. The van der Waals surface area contributed by atoms with E-state index in [2.05, 4.69) is 15.5 Å². The minimum atomic E-state index is -0.860. The van der Waals surface area contributed by atoms with E-state index in [4.69, 9.17) is 0 Å². The summed E-state index contributed by atoms with van der Waals surface area (Å²) in [4.78, 5) is 11.2. The topological polar surface area (TPSA) is 80.9 Å². The summed E-state index contributed by atoms with van der Waals surface area (Å²) in [6.07, 6.45) is -0.0204. The lowest BCUT2D eigenvalue weighted by Gasteiger charge is -2.30. The van der Waals surface area contributed by atoms with Gasteiger partial charge in [0, 0.05) is 5.56 Å². The third kappa shape index (κ3) is 3.26. The van der Waals surface area contributed by atoms with E-state index in [0.717, 1.165) is 11.1 Å². The molecule has 1 aromatic carbocycles. The Bertz CT molecular complexity index is 643. The van der Waals surface area contributed by atoms with Crippen molar-refractivity contribution in [3.05, 3.63) is 29.8 Å². The molecule has 1 N–H and O–H groups in total. The standard InChI is InChI=1S/C15H20N4O2/c1-10-7-5-6-8-11(10)14-16-17-18-19(14)12(9-13(20)21)15(2,3)4/h5-8,12H,9H2,1-4H3,(H,20,21). The molecule has 6 nitrogen and oxygen atoms in total. The molecule has 2 aromatic rings. The highest BCUT2D eigenvalue weighted by atomic mass is 16.4. The maximum atomic E-state index is 11.2. The van der Waals surface area contributed by atoms with Gasteiger partial charge in [-0.3, -0.25) is 4.79 Å². The monoisotopic (exact) mass is 288 g/mol. The fraction of sp³-hybridized carbons (Fsp3) is 0.467. The van der Waals surface area contributed by atoms with Gasteiger partial charge in [0.25, 0.3) is 0 Å². The van der Waals surface area contributed by atoms with Gasteiger partial charge in [-0.15, -0.1) is 5.10 Å². The highest BCUT2D eigenvalue weighted by Gasteiger charge is 2.32. The van der Waals surface area contributed by atoms with Gasteiger partial charge >= 0.3 is 5.97 Å². The van der Waals surface area contributed by atoms with Crippen molar-refractivity contribution >= 4 is 5.97 Å². The van der Waals surface area contributed by atoms with E-state index in [1.807, 2.05) is 52.0 Å². The number of rotatable bonds is 4. The SMILES string of the molecule is Cc1ccccc1-c1nnnn1C(CC(=O)O)C(C)(C)C. The smallest absolute Gasteiger partial charge is 0.305 e. The van der Waals surface area contributed by atoms with Crippen LogP contribution in [0.25, 0.3) is 11.4 Å². The largest absolute Gasteiger partial charge is 0.481 e. The lowest BCUT2D eigenvalue weighted by Crippen LogP contribution is -2.28. The summed E-state index contributed by atoms with van der Waals surface area (Å²) in [7, 11) is 0. The van der Waals surface area contributed by atoms with Crippen LogP contribution in [0.1, 0.15) is 38.8 Å². The number of aryl methyl sites for hydroxylation is 1. The van der Waals surface area contributed by atoms with Gasteiger partial charge < -0.3 is 5.11 Å². The zero-order valence-electron chi connectivity index (χ0n) is 12.7. The van der Waals surface area contributed by atoms with Crippen LogP contribution in [-0.4, -0.2) is 31.3 Å². The first-order valence-electron chi connectivity index (χ1n) is 6.86. The number of carbonyl (C=O) groups is 1. The number of aromatic nitrogens is 4. The van der Waals surface area contributed by atoms with E-state index < -0.39 is 5.97 Å². The number of tetrazole rings is 1. The van der Waals surface area contributed by atoms with Gasteiger partial charge in [-0.1, -0.05) is 45.0 Å². The van der Waals surface area contributed by atoms with E-state index in [1.54, 1.807) is 4.68 Å². The Morgan fingerprint density at radius 3 is 2.57 bits per heavy atom. The van der Waals surface area contributed by atoms with Gasteiger partial charge in [0.05, 0.1) is 12.5 Å². The zero-order valence-corrected chi connectivity index (χ0v) is 12.7. The highest BCUT2D eigenvalue weighted by molar-refractivity contribution is 5.68. The molecule has 6 heteroatoms. The first-order chi connectivity index (χ1) is 9.80. The van der Waals surface area contributed by atoms with Gasteiger partial charge in [-0.05, 0) is 28.3 Å². The molecular weight excluding hydrogens is 268 g/mol. The average Bonchev–Trinajstić information content (AvgIpc) is 2.83. The lowest BCUT2D eigenvalue weighted by molar-refractivity contribution is -0.138. The Morgan fingerprint density at radius 2 is 2.00 bits per heavy atom. The minimum absolute atomic E-state index is 0.0204. The Balaban J connectivity index is 2.52. The zero-order chi connectivity index (χ0) is 15.6. The lowest BCUT2D eigenvalue weighted by atomic mass is 9.84. The van der Waals surface area contributed by atoms with Crippen LogP contribution >= 0.6 is 0 Å². The normalized spacial score (nSPS) is 13.1. The number of hydrogen-bond donors (Lipinski definition) is 1. The predicted molar refractivity (Wildman–Crippen MR) is 78.7 cm³/mol. The molecule has 0 bridgehead atoms. The van der Waals surface area contributed by atoms with Gasteiger partial charge in [0.2, 0.25) is 0 Å². The molecule has 21 heavy (non-hydrogen) atoms. The van der Waals surface area contributed by atoms with Gasteiger partial charge in [0.15, 0.2) is 5.82 Å². The Kier molecular flexibility index (Phi) is 4.06. The van der Waals surface area contributed by atoms with Crippen molar-refractivity contribution in [2.75, 3.05) is 0 Å². The number of nitrogens with zero attached hydrogens (tertiary/aromatic N) is 4. The molecule has 0 aliphatic carbocycles. The van der Waals surface area contributed by atoms with Crippen LogP contribution in [0, 0.1) is 12.3 Å². The van der Waals surface area contributed by atoms with Crippen LogP contribution in [0.15, 0.2) is 24.3 Å². The molecule has 1 atom stereocenters. The molecule has 0 aliphatic heterocycles. The quantitative estimate of drug-likeness (QED) is 0.935. The predicted octanol–water partition coefficient (Wildman–Crippen LogP) is 2.71. The summed E-state index contributed by atoms with van der Waals surface area (Å²) in [5.41, 5.74) is 1.70. The summed E-state index contributed by atoms with van der Waals surface area (Å²) in [6, 6.07) is 7.48. The summed E-state index contributed by atoms with van der Waals surface area (Å²) < 4.78 is 1.64. The Morgan fingerprint density at radius 1 is 1.33 bits per heavy atom. The molecule has 0 spiro atoms. The fourth-order valence-corrected chi connectivity index (χ4v) is 2.33. The van der Waals surface area contributed by atoms with E-state index in [0.29, 0.717) is 5.82 Å². The number of aliphatic carboxylic acids is 1. The van der Waals surface area contributed by atoms with Crippen LogP contribution in [0.5, 0.6) is 0 Å². The van der Waals surface area contributed by atoms with Crippen LogP contribution in [-0.2, 0) is 4.79 Å². The van der Waals surface area contributed by atoms with Gasteiger partial charge in [-0.2, -0.15) is 0 Å². The maximum Gasteiger partial charge on any atom is 0.305 e. The molecule has 112 valence electrons. The number of carboxylic acid groups (broad SMARTS) is 1. The Hall–Kier alpha value is -2.24. The minimum Gasteiger partial charge on any atom is -0.481 e. The number of benzene rings is 1. The van der Waals surface area contributed by atoms with Crippen molar-refractivity contribution in [1.82, 2.24) is 20.2 Å². The third-order valence-corrected chi connectivity index (χ3v) is 3.54. The molecule has 0 fully saturated rings. The maximum absolute atomic E-state index is 11.2. The highest BCUT2D eigenvalue weighted by Crippen LogP contribution is 2.35. The van der Waals surface area contributed by atoms with Gasteiger partial charge in [-0.25, -0.2) is 4.68 Å². The van der Waals surface area contributed by atoms with Crippen LogP contribution in [0.2, 0.25) is 0 Å². The molecular formula is C15H20N4O2. The molecule has 0 saturated heterocycles. The molecule has 1 unspecified atom stereocenters. The molecule has 0 amide bonds. The van der Waals surface area contributed by atoms with Crippen molar-refractivity contribution < 1.29 is 9.90 Å². The van der Waals surface area contributed by atoms with Crippen LogP contribution in [0.3, 0.4) is 0 Å². The number of carboxylic acids is 1. The van der Waals surface area contributed by atoms with E-state index in [9.17, 15) is 9.90 Å². The van der Waals surface area contributed by atoms with E-state index in [-0.39, 0.29) is 17.9 Å². The second-order valence-electron chi connectivity index (χ2n) is 6.24. The van der Waals surface area contributed by atoms with Crippen molar-refractivity contribution in [3.63, 3.8) is 0 Å². The molecule has 1 aromatic heterocycles. The van der Waals surface area contributed by atoms with E-state index in [1.165, 1.54) is 0 Å². The summed E-state index contributed by atoms with van der Waals surface area (Å²) in [6.45, 7) is 7.95. The first kappa shape index (κ1) is 15.2. The molecule has 0 radical (unpaired) electrons. The third-order valence-electron chi connectivity index (χ3n) is 3.54. The second-order valence-corrected chi connectivity index (χ2v) is 6.24. The second kappa shape index (κ2) is 5.63.